The third-order valence-electron chi connectivity index (χ3n) is 18.8. The summed E-state index contributed by atoms with van der Waals surface area (Å²) in [5.74, 6) is 0.890. The Morgan fingerprint density at radius 2 is 0.840 bits per heavy atom. The normalized spacial score (nSPS) is 20.9. The number of hydrogen-bond donors (Lipinski definition) is 3. The summed E-state index contributed by atoms with van der Waals surface area (Å²) in [7, 11) is 0. The first-order valence-electron chi connectivity index (χ1n) is 34.6. The quantitative estimate of drug-likeness (QED) is 0.0805. The molecule has 15 rings (SSSR count). The molecule has 3 aliphatic heterocycles. The molecule has 0 atom stereocenters. The van der Waals surface area contributed by atoms with E-state index in [0.717, 1.165) is 203 Å². The molecule has 0 bridgehead atoms. The van der Waals surface area contributed by atoms with E-state index in [2.05, 4.69) is 99.8 Å². The number of fused-ring (bicyclic) bond motifs is 3. The molecule has 6 fully saturated rings. The number of pyridine rings is 3. The molecule has 9 heterocycles. The zero-order valence-electron chi connectivity index (χ0n) is 55.9. The molecule has 25 nitrogen and oxygen atoms in total. The van der Waals surface area contributed by atoms with Gasteiger partial charge in [0, 0.05) is 142 Å². The van der Waals surface area contributed by atoms with Gasteiger partial charge in [-0.3, -0.25) is 39.3 Å². The Kier molecular flexibility index (Phi) is 22.5. The SMILES string of the molecule is Cc1ccc(C(=O)NC2CCC(Oc3cc(N4CCOCC4)cc4nccnc34)CC2)nc1.N#Cc1ccnc(C(=O)NC2CCC(Oc3cc(N4CCOCC4)cc4nccnc34)CC2)c1.O=C(NC1CCC(Oc2cc(N3CCOCC3)cc3nccnc23)CC1)c1cccc(F)n1. The summed E-state index contributed by atoms with van der Waals surface area (Å²) in [6.45, 7) is 11.3. The number of rotatable bonds is 15. The molecule has 3 saturated carbocycles. The van der Waals surface area contributed by atoms with E-state index in [4.69, 9.17) is 33.7 Å². The van der Waals surface area contributed by atoms with Gasteiger partial charge < -0.3 is 59.1 Å². The van der Waals surface area contributed by atoms with Crippen molar-refractivity contribution in [1.82, 2.24) is 60.8 Å². The molecule has 3 aliphatic carbocycles. The predicted octanol–water partition coefficient (Wildman–Crippen LogP) is 9.26. The Labute approximate surface area is 578 Å². The minimum atomic E-state index is -0.658. The molecule has 0 unspecified atom stereocenters. The fourth-order valence-electron chi connectivity index (χ4n) is 13.4. The lowest BCUT2D eigenvalue weighted by atomic mass is 9.92. The first kappa shape index (κ1) is 68.2. The van der Waals surface area contributed by atoms with Crippen LogP contribution in [-0.4, -0.2) is 178 Å². The van der Waals surface area contributed by atoms with Crippen molar-refractivity contribution in [3.8, 4) is 23.3 Å². The van der Waals surface area contributed by atoms with Gasteiger partial charge in [0.2, 0.25) is 5.95 Å². The van der Waals surface area contributed by atoms with Gasteiger partial charge in [0.05, 0.1) is 86.1 Å². The monoisotopic (exact) mass is 1360 g/mol. The Hall–Kier alpha value is -10.4. The number of anilines is 3. The number of carbonyl (C=O) groups excluding carboxylic acids is 3. The van der Waals surface area contributed by atoms with Crippen LogP contribution in [0.4, 0.5) is 21.5 Å². The van der Waals surface area contributed by atoms with Gasteiger partial charge in [-0.05, 0) is 138 Å². The summed E-state index contributed by atoms with van der Waals surface area (Å²) in [6, 6.07) is 25.6. The predicted molar refractivity (Wildman–Crippen MR) is 372 cm³/mol. The van der Waals surface area contributed by atoms with Crippen molar-refractivity contribution >= 4 is 67.9 Å². The summed E-state index contributed by atoms with van der Waals surface area (Å²) < 4.78 is 49.1. The number of benzene rings is 3. The fraction of sp³-hybridized carbons (Fsp3) is 0.419. The maximum atomic E-state index is 13.3. The first-order valence-corrected chi connectivity index (χ1v) is 34.6. The minimum absolute atomic E-state index is 0.0126. The highest BCUT2D eigenvalue weighted by atomic mass is 19.1. The Balaban J connectivity index is 0.000000134. The molecule has 6 aliphatic rings. The summed E-state index contributed by atoms with van der Waals surface area (Å²) in [4.78, 5) is 83.3. The van der Waals surface area contributed by atoms with Crippen LogP contribution in [0.5, 0.6) is 17.2 Å². The molecule has 0 spiro atoms. The van der Waals surface area contributed by atoms with Crippen LogP contribution < -0.4 is 44.9 Å². The number of carbonyl (C=O) groups is 3. The van der Waals surface area contributed by atoms with E-state index in [0.29, 0.717) is 37.7 Å². The lowest BCUT2D eigenvalue weighted by molar-refractivity contribution is 0.0883. The summed E-state index contributed by atoms with van der Waals surface area (Å²) in [5.41, 5.74) is 10.3. The lowest BCUT2D eigenvalue weighted by Gasteiger charge is -2.31. The second-order valence-corrected chi connectivity index (χ2v) is 25.7. The zero-order chi connectivity index (χ0) is 68.6. The number of aromatic nitrogens is 9. The minimum Gasteiger partial charge on any atom is -0.488 e. The van der Waals surface area contributed by atoms with Gasteiger partial charge in [0.15, 0.2) is 0 Å². The maximum Gasteiger partial charge on any atom is 0.270 e. The number of nitriles is 1. The molecule has 3 N–H and O–H groups in total. The highest BCUT2D eigenvalue weighted by Gasteiger charge is 2.30. The topological polar surface area (TPSA) is 292 Å². The van der Waals surface area contributed by atoms with E-state index in [1.165, 1.54) is 30.5 Å². The summed E-state index contributed by atoms with van der Waals surface area (Å²) >= 11 is 0. The van der Waals surface area contributed by atoms with Crippen LogP contribution in [0.15, 0.2) is 128 Å². The average Bonchev–Trinajstić information content (AvgIpc) is 0.806. The van der Waals surface area contributed by atoms with Gasteiger partial charge in [-0.2, -0.15) is 9.65 Å². The van der Waals surface area contributed by atoms with E-state index in [9.17, 15) is 18.8 Å². The fourth-order valence-corrected chi connectivity index (χ4v) is 13.4. The number of morpholine rings is 3. The van der Waals surface area contributed by atoms with Crippen LogP contribution in [0.1, 0.15) is 120 Å². The molecule has 9 aromatic rings. The van der Waals surface area contributed by atoms with Crippen LogP contribution in [-0.2, 0) is 14.2 Å². The van der Waals surface area contributed by atoms with Crippen molar-refractivity contribution in [2.45, 2.75) is 120 Å². The standard InChI is InChI=1S/C25H26N6O3.C25H29N5O3.C24H26FN5O3/c26-16-17-5-6-27-22(13-17)25(32)30-18-1-3-20(4-2-18)34-23-15-19(31-9-11-33-12-10-31)14-21-24(23)29-8-7-28-21;1-17-2-7-21(28-16-17)25(31)29-18-3-5-20(6-4-18)33-23-15-19(30-10-12-32-13-11-30)14-22-24(23)27-9-8-26-22;25-22-3-1-2-19(29-22)24(31)28-16-4-6-18(7-5-16)33-21-15-17(30-10-12-32-13-11-30)14-20-23(21)27-9-8-26-20/h5-8,13-15,18,20H,1-4,9-12H2,(H,30,32);2,7-9,14-16,18,20H,3-6,10-13H2,1H3,(H,29,31);1-3,8-9,14-16,18H,4-7,10-13H2,(H,28,31). The van der Waals surface area contributed by atoms with Gasteiger partial charge in [0.25, 0.3) is 17.7 Å². The number of amides is 3. The molecule has 518 valence electrons. The number of nitrogens with zero attached hydrogens (tertiary/aromatic N) is 13. The third kappa shape index (κ3) is 17.7. The number of halogens is 1. The Morgan fingerprint density at radius 1 is 0.450 bits per heavy atom. The number of ether oxygens (including phenoxy) is 6. The largest absolute Gasteiger partial charge is 0.488 e. The van der Waals surface area contributed by atoms with E-state index in [-0.39, 0.29) is 65.5 Å². The van der Waals surface area contributed by atoms with Gasteiger partial charge in [0.1, 0.15) is 50.9 Å². The summed E-state index contributed by atoms with van der Waals surface area (Å²) in [6.07, 6.45) is 23.4. The first-order chi connectivity index (χ1) is 49.0. The molecule has 3 saturated heterocycles. The van der Waals surface area contributed by atoms with Crippen molar-refractivity contribution in [2.75, 3.05) is 93.6 Å². The lowest BCUT2D eigenvalue weighted by Crippen LogP contribution is -2.40. The zero-order valence-corrected chi connectivity index (χ0v) is 55.9. The number of hydrogen-bond acceptors (Lipinski definition) is 22. The summed E-state index contributed by atoms with van der Waals surface area (Å²) in [5, 5.41) is 18.2. The van der Waals surface area contributed by atoms with E-state index < -0.39 is 5.95 Å². The molecule has 100 heavy (non-hydrogen) atoms. The molecule has 0 radical (unpaired) electrons. The highest BCUT2D eigenvalue weighted by Crippen LogP contribution is 2.37. The average molecular weight is 1360 g/mol. The maximum absolute atomic E-state index is 13.3. The van der Waals surface area contributed by atoms with Crippen molar-refractivity contribution in [2.24, 2.45) is 0 Å². The Morgan fingerprint density at radius 3 is 1.22 bits per heavy atom. The van der Waals surface area contributed by atoms with Crippen molar-refractivity contribution in [3.63, 3.8) is 0 Å². The molecule has 6 aromatic heterocycles. The van der Waals surface area contributed by atoms with Crippen LogP contribution >= 0.6 is 0 Å². The number of nitrogens with one attached hydrogen (secondary N) is 3. The molecule has 3 aromatic carbocycles. The van der Waals surface area contributed by atoms with Crippen LogP contribution in [0.2, 0.25) is 0 Å². The molecular weight excluding hydrogens is 1280 g/mol. The van der Waals surface area contributed by atoms with Crippen LogP contribution in [0.25, 0.3) is 33.1 Å². The van der Waals surface area contributed by atoms with E-state index in [1.54, 1.807) is 55.5 Å². The van der Waals surface area contributed by atoms with Gasteiger partial charge in [-0.25, -0.2) is 19.9 Å². The second kappa shape index (κ2) is 33.0. The molecule has 26 heteroatoms. The van der Waals surface area contributed by atoms with Crippen molar-refractivity contribution < 1.29 is 47.2 Å². The van der Waals surface area contributed by atoms with Gasteiger partial charge in [-0.1, -0.05) is 12.1 Å². The van der Waals surface area contributed by atoms with Crippen molar-refractivity contribution in [3.05, 3.63) is 163 Å². The van der Waals surface area contributed by atoms with Gasteiger partial charge in [-0.15, -0.1) is 0 Å². The third-order valence-corrected chi connectivity index (χ3v) is 18.8. The van der Waals surface area contributed by atoms with E-state index in [1.807, 2.05) is 31.2 Å². The van der Waals surface area contributed by atoms with E-state index >= 15 is 0 Å². The highest BCUT2D eigenvalue weighted by molar-refractivity contribution is 5.94. The molecular formula is C74H81FN16O9. The Bertz CT molecular complexity index is 4320. The number of aryl methyl sites for hydroxylation is 1. The second-order valence-electron chi connectivity index (χ2n) is 25.7. The van der Waals surface area contributed by atoms with Crippen LogP contribution in [0, 0.1) is 24.2 Å². The van der Waals surface area contributed by atoms with Crippen molar-refractivity contribution in [1.29, 1.82) is 5.26 Å². The van der Waals surface area contributed by atoms with Gasteiger partial charge >= 0.3 is 0 Å². The molecule has 3 amide bonds. The smallest absolute Gasteiger partial charge is 0.270 e. The van der Waals surface area contributed by atoms with Crippen LogP contribution in [0.3, 0.4) is 0 Å².